The SMILES string of the molecule is CC(C)(C)OC(=O)N1CCCC([C@@H]2CO2)C1. The first kappa shape index (κ1) is 11.7. The second-order valence-corrected chi connectivity index (χ2v) is 5.70. The molecule has 2 heterocycles. The van der Waals surface area contributed by atoms with Crippen molar-refractivity contribution < 1.29 is 14.3 Å². The zero-order valence-electron chi connectivity index (χ0n) is 10.4. The first-order chi connectivity index (χ1) is 7.46. The van der Waals surface area contributed by atoms with Gasteiger partial charge >= 0.3 is 6.09 Å². The van der Waals surface area contributed by atoms with Gasteiger partial charge in [-0.25, -0.2) is 4.79 Å². The van der Waals surface area contributed by atoms with Crippen LogP contribution in [-0.4, -0.2) is 42.4 Å². The van der Waals surface area contributed by atoms with E-state index in [1.165, 1.54) is 6.42 Å². The molecule has 2 aliphatic rings. The minimum atomic E-state index is -0.403. The average molecular weight is 227 g/mol. The monoisotopic (exact) mass is 227 g/mol. The third kappa shape index (κ3) is 3.11. The molecule has 0 saturated carbocycles. The molecule has 0 spiro atoms. The maximum atomic E-state index is 11.9. The molecule has 4 heteroatoms. The molecule has 2 aliphatic heterocycles. The van der Waals surface area contributed by atoms with Crippen molar-refractivity contribution in [3.8, 4) is 0 Å². The minimum absolute atomic E-state index is 0.183. The second-order valence-electron chi connectivity index (χ2n) is 5.70. The van der Waals surface area contributed by atoms with E-state index in [1.807, 2.05) is 25.7 Å². The van der Waals surface area contributed by atoms with Gasteiger partial charge in [0.2, 0.25) is 0 Å². The van der Waals surface area contributed by atoms with Crippen LogP contribution in [0.4, 0.5) is 4.79 Å². The summed E-state index contributed by atoms with van der Waals surface area (Å²) in [5.74, 6) is 0.515. The number of epoxide rings is 1. The molecule has 0 bridgehead atoms. The molecule has 92 valence electrons. The molecule has 1 amide bonds. The molecule has 2 rings (SSSR count). The Morgan fingerprint density at radius 2 is 2.12 bits per heavy atom. The number of likely N-dealkylation sites (tertiary alicyclic amines) is 1. The van der Waals surface area contributed by atoms with Gasteiger partial charge in [-0.1, -0.05) is 0 Å². The number of carbonyl (C=O) groups is 1. The Labute approximate surface area is 96.9 Å². The van der Waals surface area contributed by atoms with E-state index in [2.05, 4.69) is 0 Å². The van der Waals surface area contributed by atoms with E-state index in [-0.39, 0.29) is 6.09 Å². The van der Waals surface area contributed by atoms with Crippen LogP contribution in [0.5, 0.6) is 0 Å². The van der Waals surface area contributed by atoms with Crippen molar-refractivity contribution in [1.82, 2.24) is 4.90 Å². The van der Waals surface area contributed by atoms with Crippen molar-refractivity contribution in [1.29, 1.82) is 0 Å². The Balaban J connectivity index is 1.86. The Kier molecular flexibility index (Phi) is 3.10. The average Bonchev–Trinajstić information content (AvgIpc) is 2.98. The van der Waals surface area contributed by atoms with Crippen LogP contribution in [0.2, 0.25) is 0 Å². The maximum Gasteiger partial charge on any atom is 0.410 e. The summed E-state index contributed by atoms with van der Waals surface area (Å²) in [6.07, 6.45) is 2.44. The zero-order valence-corrected chi connectivity index (χ0v) is 10.4. The summed E-state index contributed by atoms with van der Waals surface area (Å²) in [6.45, 7) is 8.17. The highest BCUT2D eigenvalue weighted by molar-refractivity contribution is 5.68. The normalized spacial score (nSPS) is 30.1. The van der Waals surface area contributed by atoms with E-state index in [1.54, 1.807) is 0 Å². The quantitative estimate of drug-likeness (QED) is 0.644. The highest BCUT2D eigenvalue weighted by Gasteiger charge is 2.37. The molecule has 2 atom stereocenters. The largest absolute Gasteiger partial charge is 0.444 e. The van der Waals surface area contributed by atoms with Gasteiger partial charge in [-0.05, 0) is 33.6 Å². The topological polar surface area (TPSA) is 42.1 Å². The van der Waals surface area contributed by atoms with Crippen molar-refractivity contribution in [3.63, 3.8) is 0 Å². The molecule has 0 N–H and O–H groups in total. The molecule has 0 aliphatic carbocycles. The number of nitrogens with zero attached hydrogens (tertiary/aromatic N) is 1. The van der Waals surface area contributed by atoms with Crippen LogP contribution in [0.25, 0.3) is 0 Å². The van der Waals surface area contributed by atoms with Crippen molar-refractivity contribution in [2.45, 2.75) is 45.3 Å². The highest BCUT2D eigenvalue weighted by Crippen LogP contribution is 2.29. The Bertz CT molecular complexity index is 268. The third-order valence-corrected chi connectivity index (χ3v) is 2.99. The van der Waals surface area contributed by atoms with Crippen molar-refractivity contribution in [3.05, 3.63) is 0 Å². The summed E-state index contributed by atoms with van der Waals surface area (Å²) >= 11 is 0. The van der Waals surface area contributed by atoms with Gasteiger partial charge in [0.25, 0.3) is 0 Å². The Hall–Kier alpha value is -0.770. The van der Waals surface area contributed by atoms with E-state index in [0.29, 0.717) is 12.0 Å². The van der Waals surface area contributed by atoms with Crippen molar-refractivity contribution in [2.75, 3.05) is 19.7 Å². The molecule has 0 aromatic rings. The lowest BCUT2D eigenvalue weighted by atomic mass is 9.95. The van der Waals surface area contributed by atoms with Gasteiger partial charge in [-0.3, -0.25) is 0 Å². The van der Waals surface area contributed by atoms with Crippen LogP contribution in [0, 0.1) is 5.92 Å². The van der Waals surface area contributed by atoms with E-state index < -0.39 is 5.60 Å². The molecular formula is C12H21NO3. The fourth-order valence-electron chi connectivity index (χ4n) is 2.13. The maximum absolute atomic E-state index is 11.9. The van der Waals surface area contributed by atoms with E-state index in [4.69, 9.17) is 9.47 Å². The Morgan fingerprint density at radius 3 is 2.69 bits per heavy atom. The lowest BCUT2D eigenvalue weighted by molar-refractivity contribution is 0.0151. The third-order valence-electron chi connectivity index (χ3n) is 2.99. The zero-order chi connectivity index (χ0) is 11.8. The van der Waals surface area contributed by atoms with Crippen molar-refractivity contribution >= 4 is 6.09 Å². The highest BCUT2D eigenvalue weighted by atomic mass is 16.6. The predicted molar refractivity (Wildman–Crippen MR) is 60.3 cm³/mol. The summed E-state index contributed by atoms with van der Waals surface area (Å²) in [5.41, 5.74) is -0.403. The number of piperidine rings is 1. The van der Waals surface area contributed by atoms with E-state index in [9.17, 15) is 4.79 Å². The predicted octanol–water partition coefficient (Wildman–Crippen LogP) is 2.03. The summed E-state index contributed by atoms with van der Waals surface area (Å²) < 4.78 is 10.7. The van der Waals surface area contributed by atoms with Gasteiger partial charge in [0.15, 0.2) is 0 Å². The summed E-state index contributed by atoms with van der Waals surface area (Å²) in [7, 11) is 0. The number of rotatable bonds is 1. The van der Waals surface area contributed by atoms with Gasteiger partial charge in [0, 0.05) is 19.0 Å². The number of hydrogen-bond acceptors (Lipinski definition) is 3. The van der Waals surface area contributed by atoms with Crippen LogP contribution in [0.15, 0.2) is 0 Å². The first-order valence-electron chi connectivity index (χ1n) is 6.05. The Morgan fingerprint density at radius 1 is 1.44 bits per heavy atom. The van der Waals surface area contributed by atoms with Crippen molar-refractivity contribution in [2.24, 2.45) is 5.92 Å². The molecular weight excluding hydrogens is 206 g/mol. The molecule has 2 saturated heterocycles. The fraction of sp³-hybridized carbons (Fsp3) is 0.917. The molecule has 0 radical (unpaired) electrons. The lowest BCUT2D eigenvalue weighted by Crippen LogP contribution is -2.44. The summed E-state index contributed by atoms with van der Waals surface area (Å²) in [5, 5.41) is 0. The van der Waals surface area contributed by atoms with Crippen LogP contribution >= 0.6 is 0 Å². The molecule has 0 aromatic heterocycles. The van der Waals surface area contributed by atoms with Crippen LogP contribution in [0.1, 0.15) is 33.6 Å². The van der Waals surface area contributed by atoms with Crippen LogP contribution in [0.3, 0.4) is 0 Å². The molecule has 0 aromatic carbocycles. The molecule has 2 fully saturated rings. The number of hydrogen-bond donors (Lipinski definition) is 0. The first-order valence-corrected chi connectivity index (χ1v) is 6.05. The number of amides is 1. The van der Waals surface area contributed by atoms with E-state index >= 15 is 0 Å². The van der Waals surface area contributed by atoms with Gasteiger partial charge in [0.1, 0.15) is 5.60 Å². The van der Waals surface area contributed by atoms with E-state index in [0.717, 1.165) is 26.1 Å². The second kappa shape index (κ2) is 4.24. The summed E-state index contributed by atoms with van der Waals surface area (Å²) in [6, 6.07) is 0. The molecule has 16 heavy (non-hydrogen) atoms. The standard InChI is InChI=1S/C12H21NO3/c1-12(2,3)16-11(14)13-6-4-5-9(7-13)10-8-15-10/h9-10H,4-8H2,1-3H3/t9?,10-/m0/s1. The fourth-order valence-corrected chi connectivity index (χ4v) is 2.13. The van der Waals surface area contributed by atoms with Gasteiger partial charge < -0.3 is 14.4 Å². The molecule has 1 unspecified atom stereocenters. The van der Waals surface area contributed by atoms with Gasteiger partial charge in [0.05, 0.1) is 12.7 Å². The van der Waals surface area contributed by atoms with Gasteiger partial charge in [-0.2, -0.15) is 0 Å². The lowest BCUT2D eigenvalue weighted by Gasteiger charge is -2.33. The minimum Gasteiger partial charge on any atom is -0.444 e. The number of carbonyl (C=O) groups excluding carboxylic acids is 1. The van der Waals surface area contributed by atoms with Crippen LogP contribution < -0.4 is 0 Å². The van der Waals surface area contributed by atoms with Crippen LogP contribution in [-0.2, 0) is 9.47 Å². The number of ether oxygens (including phenoxy) is 2. The smallest absolute Gasteiger partial charge is 0.410 e. The molecule has 4 nitrogen and oxygen atoms in total. The summed E-state index contributed by atoms with van der Waals surface area (Å²) in [4.78, 5) is 13.7. The van der Waals surface area contributed by atoms with Gasteiger partial charge in [-0.15, -0.1) is 0 Å².